The minimum Gasteiger partial charge on any atom is -0.494 e. The van der Waals surface area contributed by atoms with Crippen molar-refractivity contribution in [1.29, 1.82) is 0 Å². The normalized spacial score (nSPS) is 10.5. The molecule has 0 spiro atoms. The fourth-order valence-corrected chi connectivity index (χ4v) is 2.73. The molecule has 7 nitrogen and oxygen atoms in total. The fraction of sp³-hybridized carbons (Fsp3) is 0.115. The number of hydrogen-bond acceptors (Lipinski definition) is 6. The molecule has 33 heavy (non-hydrogen) atoms. The van der Waals surface area contributed by atoms with Gasteiger partial charge >= 0.3 is 5.97 Å². The van der Waals surface area contributed by atoms with Gasteiger partial charge in [0.15, 0.2) is 0 Å². The highest BCUT2D eigenvalue weighted by atomic mass is 16.5. The molecule has 0 heterocycles. The summed E-state index contributed by atoms with van der Waals surface area (Å²) in [6.07, 6.45) is 3.14. The van der Waals surface area contributed by atoms with E-state index in [0.717, 1.165) is 5.56 Å². The maximum Gasteiger partial charge on any atom is 0.343 e. The molecule has 0 aromatic heterocycles. The van der Waals surface area contributed by atoms with Crippen LogP contribution in [0.2, 0.25) is 0 Å². The zero-order valence-electron chi connectivity index (χ0n) is 18.2. The molecule has 0 radical (unpaired) electrons. The molecule has 1 amide bonds. The van der Waals surface area contributed by atoms with Gasteiger partial charge in [-0.25, -0.2) is 10.2 Å². The number of rotatable bonds is 10. The Morgan fingerprint density at radius 3 is 2.03 bits per heavy atom. The van der Waals surface area contributed by atoms with Crippen LogP contribution in [0.25, 0.3) is 0 Å². The van der Waals surface area contributed by atoms with Gasteiger partial charge in [0.25, 0.3) is 5.91 Å². The van der Waals surface area contributed by atoms with E-state index in [1.807, 2.05) is 6.92 Å². The molecule has 3 aromatic rings. The lowest BCUT2D eigenvalue weighted by atomic mass is 10.2. The molecule has 0 aliphatic heterocycles. The summed E-state index contributed by atoms with van der Waals surface area (Å²) < 4.78 is 16.1. The van der Waals surface area contributed by atoms with Gasteiger partial charge < -0.3 is 14.2 Å². The lowest BCUT2D eigenvalue weighted by Gasteiger charge is -2.06. The Morgan fingerprint density at radius 2 is 1.42 bits per heavy atom. The first-order chi connectivity index (χ1) is 16.1. The van der Waals surface area contributed by atoms with Crippen molar-refractivity contribution >= 4 is 18.1 Å². The van der Waals surface area contributed by atoms with Crippen LogP contribution in [0.4, 0.5) is 0 Å². The van der Waals surface area contributed by atoms with Crippen molar-refractivity contribution in [2.24, 2.45) is 5.10 Å². The molecule has 0 aliphatic carbocycles. The summed E-state index contributed by atoms with van der Waals surface area (Å²) in [5.41, 5.74) is 4.07. The minimum atomic E-state index is -0.465. The Morgan fingerprint density at radius 1 is 0.848 bits per heavy atom. The van der Waals surface area contributed by atoms with E-state index in [4.69, 9.17) is 14.2 Å². The molecule has 168 valence electrons. The molecule has 3 rings (SSSR count). The van der Waals surface area contributed by atoms with Crippen LogP contribution in [0, 0.1) is 0 Å². The first-order valence-electron chi connectivity index (χ1n) is 10.3. The van der Waals surface area contributed by atoms with E-state index in [1.165, 1.54) is 6.21 Å². The SMILES string of the molecule is C=CCOc1ccc(C(=O)N/N=C/c2ccc(OC(=O)c3ccc(OCC)cc3)cc2)cc1. The Balaban J connectivity index is 1.50. The summed E-state index contributed by atoms with van der Waals surface area (Å²) in [6.45, 7) is 6.44. The smallest absolute Gasteiger partial charge is 0.343 e. The summed E-state index contributed by atoms with van der Waals surface area (Å²) in [5.74, 6) is 0.932. The second-order valence-electron chi connectivity index (χ2n) is 6.74. The maximum absolute atomic E-state index is 12.3. The number of carbonyl (C=O) groups excluding carboxylic acids is 2. The summed E-state index contributed by atoms with van der Waals surface area (Å²) in [4.78, 5) is 24.5. The third kappa shape index (κ3) is 7.07. The van der Waals surface area contributed by atoms with Crippen molar-refractivity contribution in [1.82, 2.24) is 5.43 Å². The van der Waals surface area contributed by atoms with Crippen molar-refractivity contribution in [3.8, 4) is 17.2 Å². The molecule has 0 bridgehead atoms. The van der Waals surface area contributed by atoms with Crippen LogP contribution in [0.5, 0.6) is 17.2 Å². The first kappa shape index (κ1) is 23.3. The number of hydrazone groups is 1. The largest absolute Gasteiger partial charge is 0.494 e. The predicted molar refractivity (Wildman–Crippen MR) is 126 cm³/mol. The van der Waals surface area contributed by atoms with E-state index in [1.54, 1.807) is 78.9 Å². The van der Waals surface area contributed by atoms with Gasteiger partial charge in [0, 0.05) is 5.56 Å². The zero-order valence-corrected chi connectivity index (χ0v) is 18.2. The standard InChI is InChI=1S/C26H24N2O5/c1-3-17-32-23-13-7-20(8-14-23)25(29)28-27-18-19-5-11-24(12-6-19)33-26(30)21-9-15-22(16-10-21)31-4-2/h3,5-16,18H,1,4,17H2,2H3,(H,28,29)/b27-18+. The average Bonchev–Trinajstić information content (AvgIpc) is 2.84. The molecule has 1 N–H and O–H groups in total. The molecule has 0 unspecified atom stereocenters. The zero-order chi connectivity index (χ0) is 23.5. The summed E-state index contributed by atoms with van der Waals surface area (Å²) >= 11 is 0. The lowest BCUT2D eigenvalue weighted by molar-refractivity contribution is 0.0734. The third-order valence-electron chi connectivity index (χ3n) is 4.36. The monoisotopic (exact) mass is 444 g/mol. The second kappa shape index (κ2) is 11.9. The van der Waals surface area contributed by atoms with Crippen molar-refractivity contribution in [2.45, 2.75) is 6.92 Å². The van der Waals surface area contributed by atoms with Gasteiger partial charge in [0.1, 0.15) is 23.9 Å². The van der Waals surface area contributed by atoms with Gasteiger partial charge in [0.2, 0.25) is 0 Å². The van der Waals surface area contributed by atoms with Crippen LogP contribution in [0.15, 0.2) is 90.6 Å². The van der Waals surface area contributed by atoms with Crippen molar-refractivity contribution in [3.05, 3.63) is 102 Å². The van der Waals surface area contributed by atoms with E-state index in [9.17, 15) is 9.59 Å². The number of benzene rings is 3. The van der Waals surface area contributed by atoms with Crippen molar-refractivity contribution in [2.75, 3.05) is 13.2 Å². The highest BCUT2D eigenvalue weighted by Crippen LogP contribution is 2.16. The van der Waals surface area contributed by atoms with E-state index in [2.05, 4.69) is 17.1 Å². The lowest BCUT2D eigenvalue weighted by Crippen LogP contribution is -2.17. The summed E-state index contributed by atoms with van der Waals surface area (Å²) in [5, 5.41) is 3.96. The molecule has 7 heteroatoms. The van der Waals surface area contributed by atoms with Crippen LogP contribution in [-0.2, 0) is 0 Å². The average molecular weight is 444 g/mol. The van der Waals surface area contributed by atoms with Crippen LogP contribution in [0.1, 0.15) is 33.2 Å². The van der Waals surface area contributed by atoms with Crippen LogP contribution in [-0.4, -0.2) is 31.3 Å². The molecule has 0 atom stereocenters. The molecular formula is C26H24N2O5. The quantitative estimate of drug-likeness (QED) is 0.162. The van der Waals surface area contributed by atoms with Gasteiger partial charge in [-0.1, -0.05) is 12.7 Å². The Hall–Kier alpha value is -4.39. The number of amides is 1. The van der Waals surface area contributed by atoms with Gasteiger partial charge in [-0.2, -0.15) is 5.10 Å². The number of nitrogens with one attached hydrogen (secondary N) is 1. The number of carbonyl (C=O) groups is 2. The summed E-state index contributed by atoms with van der Waals surface area (Å²) in [6, 6.07) is 20.2. The number of hydrogen-bond donors (Lipinski definition) is 1. The van der Waals surface area contributed by atoms with E-state index < -0.39 is 5.97 Å². The maximum atomic E-state index is 12.3. The van der Waals surface area contributed by atoms with E-state index in [-0.39, 0.29) is 5.91 Å². The minimum absolute atomic E-state index is 0.345. The molecule has 0 aliphatic rings. The number of nitrogens with zero attached hydrogens (tertiary/aromatic N) is 1. The van der Waals surface area contributed by atoms with Crippen molar-refractivity contribution < 1.29 is 23.8 Å². The van der Waals surface area contributed by atoms with Crippen molar-refractivity contribution in [3.63, 3.8) is 0 Å². The van der Waals surface area contributed by atoms with Gasteiger partial charge in [0.05, 0.1) is 18.4 Å². The Bertz CT molecular complexity index is 1100. The van der Waals surface area contributed by atoms with Crippen LogP contribution in [0.3, 0.4) is 0 Å². The third-order valence-corrected chi connectivity index (χ3v) is 4.36. The number of ether oxygens (including phenoxy) is 3. The van der Waals surface area contributed by atoms with Crippen LogP contribution >= 0.6 is 0 Å². The first-order valence-corrected chi connectivity index (χ1v) is 10.3. The van der Waals surface area contributed by atoms with E-state index >= 15 is 0 Å². The molecule has 0 saturated heterocycles. The fourth-order valence-electron chi connectivity index (χ4n) is 2.73. The highest BCUT2D eigenvalue weighted by molar-refractivity contribution is 5.95. The van der Waals surface area contributed by atoms with E-state index in [0.29, 0.717) is 41.6 Å². The second-order valence-corrected chi connectivity index (χ2v) is 6.74. The summed E-state index contributed by atoms with van der Waals surface area (Å²) in [7, 11) is 0. The van der Waals surface area contributed by atoms with Gasteiger partial charge in [-0.15, -0.1) is 0 Å². The Kier molecular flexibility index (Phi) is 8.36. The van der Waals surface area contributed by atoms with Gasteiger partial charge in [-0.3, -0.25) is 4.79 Å². The molecule has 3 aromatic carbocycles. The molecule has 0 saturated carbocycles. The van der Waals surface area contributed by atoms with Gasteiger partial charge in [-0.05, 0) is 85.3 Å². The predicted octanol–water partition coefficient (Wildman–Crippen LogP) is 4.63. The molecule has 0 fully saturated rings. The molecular weight excluding hydrogens is 420 g/mol. The van der Waals surface area contributed by atoms with Crippen LogP contribution < -0.4 is 19.6 Å². The Labute approximate surface area is 192 Å². The highest BCUT2D eigenvalue weighted by Gasteiger charge is 2.09. The number of esters is 1. The topological polar surface area (TPSA) is 86.2 Å².